The van der Waals surface area contributed by atoms with Gasteiger partial charge in [-0.15, -0.1) is 0 Å². The van der Waals surface area contributed by atoms with E-state index in [1.165, 1.54) is 34.8 Å². The van der Waals surface area contributed by atoms with Crippen molar-refractivity contribution >= 4 is 17.1 Å². The van der Waals surface area contributed by atoms with Crippen LogP contribution in [0.3, 0.4) is 0 Å². The van der Waals surface area contributed by atoms with E-state index in [4.69, 9.17) is 9.47 Å². The molecular formula is C26H27NO2. The minimum Gasteiger partial charge on any atom is -0.465 e. The first-order chi connectivity index (χ1) is 13.9. The summed E-state index contributed by atoms with van der Waals surface area (Å²) in [5.41, 5.74) is 8.04. The molecule has 0 saturated carbocycles. The van der Waals surface area contributed by atoms with Gasteiger partial charge in [-0.2, -0.15) is 0 Å². The lowest BCUT2D eigenvalue weighted by Crippen LogP contribution is -2.11. The van der Waals surface area contributed by atoms with Crippen molar-refractivity contribution in [1.82, 2.24) is 0 Å². The molecule has 0 aliphatic heterocycles. The summed E-state index contributed by atoms with van der Waals surface area (Å²) in [6.07, 6.45) is 2.82. The summed E-state index contributed by atoms with van der Waals surface area (Å²) >= 11 is 0. The van der Waals surface area contributed by atoms with Crippen molar-refractivity contribution in [3.05, 3.63) is 103 Å². The zero-order valence-corrected chi connectivity index (χ0v) is 17.5. The van der Waals surface area contributed by atoms with Crippen LogP contribution in [0, 0.1) is 27.7 Å². The van der Waals surface area contributed by atoms with E-state index < -0.39 is 0 Å². The van der Waals surface area contributed by atoms with Crippen LogP contribution in [0.15, 0.2) is 80.3 Å². The Labute approximate surface area is 173 Å². The average Bonchev–Trinajstić information content (AvgIpc) is 2.68. The van der Waals surface area contributed by atoms with Crippen molar-refractivity contribution in [2.24, 2.45) is 0 Å². The number of hydrogen-bond acceptors (Lipinski definition) is 3. The highest BCUT2D eigenvalue weighted by Gasteiger charge is 2.16. The van der Waals surface area contributed by atoms with Gasteiger partial charge in [-0.05, 0) is 74.2 Å². The predicted molar refractivity (Wildman–Crippen MR) is 122 cm³/mol. The van der Waals surface area contributed by atoms with Crippen LogP contribution in [0.25, 0.3) is 0 Å². The van der Waals surface area contributed by atoms with Crippen LogP contribution in [-0.2, 0) is 0 Å². The van der Waals surface area contributed by atoms with Gasteiger partial charge in [-0.25, -0.2) is 0 Å². The first-order valence-corrected chi connectivity index (χ1v) is 9.58. The van der Waals surface area contributed by atoms with Crippen LogP contribution < -0.4 is 14.4 Å². The van der Waals surface area contributed by atoms with E-state index >= 15 is 0 Å². The molecule has 0 unspecified atom stereocenters. The largest absolute Gasteiger partial charge is 0.465 e. The highest BCUT2D eigenvalue weighted by molar-refractivity contribution is 5.79. The molecule has 0 amide bonds. The number of aryl methyl sites for hydroxylation is 4. The molecule has 29 heavy (non-hydrogen) atoms. The second kappa shape index (κ2) is 8.70. The molecule has 0 spiro atoms. The lowest BCUT2D eigenvalue weighted by atomic mass is 10.1. The molecule has 3 heteroatoms. The SMILES string of the molecule is C=COc1cc(OC=C)cc(N(c2ccc(C)c(C)c2)c2ccc(C)c(C)c2)c1. The molecule has 0 saturated heterocycles. The van der Waals surface area contributed by atoms with Crippen molar-refractivity contribution in [2.45, 2.75) is 27.7 Å². The van der Waals surface area contributed by atoms with E-state index in [1.807, 2.05) is 18.2 Å². The van der Waals surface area contributed by atoms with Crippen LogP contribution in [0.2, 0.25) is 0 Å². The summed E-state index contributed by atoms with van der Waals surface area (Å²) in [7, 11) is 0. The van der Waals surface area contributed by atoms with E-state index in [0.717, 1.165) is 17.1 Å². The van der Waals surface area contributed by atoms with Crippen molar-refractivity contribution in [3.8, 4) is 11.5 Å². The Morgan fingerprint density at radius 3 is 1.41 bits per heavy atom. The molecule has 3 aromatic carbocycles. The molecule has 0 N–H and O–H groups in total. The fourth-order valence-electron chi connectivity index (χ4n) is 3.19. The monoisotopic (exact) mass is 385 g/mol. The van der Waals surface area contributed by atoms with Gasteiger partial charge in [0.1, 0.15) is 11.5 Å². The van der Waals surface area contributed by atoms with E-state index in [-0.39, 0.29) is 0 Å². The predicted octanol–water partition coefficient (Wildman–Crippen LogP) is 7.43. The lowest BCUT2D eigenvalue weighted by Gasteiger charge is -2.27. The van der Waals surface area contributed by atoms with E-state index in [0.29, 0.717) is 11.5 Å². The molecule has 3 aromatic rings. The van der Waals surface area contributed by atoms with Crippen LogP contribution in [0.4, 0.5) is 17.1 Å². The number of rotatable bonds is 7. The number of nitrogens with zero attached hydrogens (tertiary/aromatic N) is 1. The molecule has 0 bridgehead atoms. The Morgan fingerprint density at radius 2 is 1.03 bits per heavy atom. The molecule has 3 nitrogen and oxygen atoms in total. The van der Waals surface area contributed by atoms with Crippen LogP contribution in [-0.4, -0.2) is 0 Å². The standard InChI is InChI=1S/C26H27NO2/c1-7-28-25-15-24(16-26(17-25)29-8-2)27(22-11-9-18(3)20(5)13-22)23-12-10-19(4)21(6)14-23/h7-17H,1-2H2,3-6H3. The average molecular weight is 386 g/mol. The summed E-state index contributed by atoms with van der Waals surface area (Å²) in [5, 5.41) is 0. The second-order valence-corrected chi connectivity index (χ2v) is 7.10. The Hall–Kier alpha value is -3.46. The van der Waals surface area contributed by atoms with Crippen LogP contribution >= 0.6 is 0 Å². The van der Waals surface area contributed by atoms with Crippen LogP contribution in [0.1, 0.15) is 22.3 Å². The van der Waals surface area contributed by atoms with E-state index in [1.54, 1.807) is 0 Å². The maximum absolute atomic E-state index is 5.56. The molecule has 0 aliphatic rings. The fourth-order valence-corrected chi connectivity index (χ4v) is 3.19. The fraction of sp³-hybridized carbons (Fsp3) is 0.154. The Morgan fingerprint density at radius 1 is 0.586 bits per heavy atom. The summed E-state index contributed by atoms with van der Waals surface area (Å²) in [6, 6.07) is 18.7. The first kappa shape index (κ1) is 20.3. The summed E-state index contributed by atoms with van der Waals surface area (Å²) in [4.78, 5) is 2.20. The van der Waals surface area contributed by atoms with Gasteiger partial charge in [-0.3, -0.25) is 0 Å². The molecule has 0 radical (unpaired) electrons. The van der Waals surface area contributed by atoms with E-state index in [2.05, 4.69) is 82.2 Å². The van der Waals surface area contributed by atoms with Crippen molar-refractivity contribution in [3.63, 3.8) is 0 Å². The van der Waals surface area contributed by atoms with Gasteiger partial charge >= 0.3 is 0 Å². The van der Waals surface area contributed by atoms with Gasteiger partial charge < -0.3 is 14.4 Å². The minimum absolute atomic E-state index is 0.645. The van der Waals surface area contributed by atoms with Crippen molar-refractivity contribution < 1.29 is 9.47 Å². The van der Waals surface area contributed by atoms with Gasteiger partial charge in [0.15, 0.2) is 0 Å². The maximum atomic E-state index is 5.56. The third kappa shape index (κ3) is 4.52. The third-order valence-corrected chi connectivity index (χ3v) is 5.06. The number of hydrogen-bond donors (Lipinski definition) is 0. The summed E-state index contributed by atoms with van der Waals surface area (Å²) in [6.45, 7) is 15.8. The molecule has 0 aliphatic carbocycles. The van der Waals surface area contributed by atoms with Gasteiger partial charge in [0.05, 0.1) is 18.2 Å². The Balaban J connectivity index is 2.24. The van der Waals surface area contributed by atoms with Gasteiger partial charge in [0, 0.05) is 29.6 Å². The molecule has 0 atom stereocenters. The van der Waals surface area contributed by atoms with Crippen molar-refractivity contribution in [1.29, 1.82) is 0 Å². The maximum Gasteiger partial charge on any atom is 0.132 e. The quantitative estimate of drug-likeness (QED) is 0.395. The zero-order chi connectivity index (χ0) is 21.0. The van der Waals surface area contributed by atoms with Gasteiger partial charge in [0.2, 0.25) is 0 Å². The van der Waals surface area contributed by atoms with Gasteiger partial charge in [-0.1, -0.05) is 25.3 Å². The number of ether oxygens (including phenoxy) is 2. The zero-order valence-electron chi connectivity index (χ0n) is 17.5. The smallest absolute Gasteiger partial charge is 0.132 e. The Kier molecular flexibility index (Phi) is 6.08. The minimum atomic E-state index is 0.645. The summed E-state index contributed by atoms with van der Waals surface area (Å²) in [5.74, 6) is 1.29. The van der Waals surface area contributed by atoms with E-state index in [9.17, 15) is 0 Å². The summed E-state index contributed by atoms with van der Waals surface area (Å²) < 4.78 is 11.1. The molecular weight excluding hydrogens is 358 g/mol. The van der Waals surface area contributed by atoms with Crippen LogP contribution in [0.5, 0.6) is 11.5 Å². The first-order valence-electron chi connectivity index (χ1n) is 9.58. The number of benzene rings is 3. The topological polar surface area (TPSA) is 21.7 Å². The normalized spacial score (nSPS) is 10.3. The molecule has 0 fully saturated rings. The highest BCUT2D eigenvalue weighted by Crippen LogP contribution is 2.39. The molecule has 0 heterocycles. The molecule has 0 aromatic heterocycles. The second-order valence-electron chi connectivity index (χ2n) is 7.10. The molecule has 148 valence electrons. The Bertz CT molecular complexity index is 973. The number of anilines is 3. The van der Waals surface area contributed by atoms with Crippen molar-refractivity contribution in [2.75, 3.05) is 4.90 Å². The highest BCUT2D eigenvalue weighted by atomic mass is 16.5. The third-order valence-electron chi connectivity index (χ3n) is 5.06. The molecule has 3 rings (SSSR count). The lowest BCUT2D eigenvalue weighted by molar-refractivity contribution is 0.461. The van der Waals surface area contributed by atoms with Gasteiger partial charge in [0.25, 0.3) is 0 Å².